The molecule has 1 aromatic heterocycles. The lowest BCUT2D eigenvalue weighted by Crippen LogP contribution is -1.98. The third-order valence-electron chi connectivity index (χ3n) is 2.65. The molecule has 7 heteroatoms. The molecule has 0 amide bonds. The Morgan fingerprint density at radius 3 is 2.42 bits per heavy atom. The molecular formula is C12H14FN3O2S. The molecule has 0 unspecified atom stereocenters. The van der Waals surface area contributed by atoms with Crippen LogP contribution in [-0.2, 0) is 0 Å². The van der Waals surface area contributed by atoms with E-state index in [0.29, 0.717) is 33.5 Å². The van der Waals surface area contributed by atoms with Crippen LogP contribution >= 0.6 is 11.8 Å². The summed E-state index contributed by atoms with van der Waals surface area (Å²) in [6, 6.07) is 2.98. The number of H-pyrrole nitrogens is 1. The molecular weight excluding hydrogens is 269 g/mol. The number of nitrogens with one attached hydrogen (secondary N) is 1. The van der Waals surface area contributed by atoms with E-state index in [4.69, 9.17) is 15.2 Å². The molecule has 0 saturated heterocycles. The molecule has 2 aromatic rings. The second-order valence-electron chi connectivity index (χ2n) is 3.71. The smallest absolute Gasteiger partial charge is 0.177 e. The van der Waals surface area contributed by atoms with E-state index in [1.807, 2.05) is 0 Å². The summed E-state index contributed by atoms with van der Waals surface area (Å²) in [6.07, 6.45) is 1.77. The molecule has 2 rings (SSSR count). The molecule has 1 aromatic carbocycles. The first-order chi connectivity index (χ1) is 9.12. The van der Waals surface area contributed by atoms with E-state index >= 15 is 0 Å². The number of nitrogens with zero attached hydrogens (tertiary/aromatic N) is 1. The number of nitrogen functional groups attached to an aromatic ring is 1. The third kappa shape index (κ3) is 2.33. The lowest BCUT2D eigenvalue weighted by atomic mass is 10.1. The normalized spacial score (nSPS) is 10.5. The van der Waals surface area contributed by atoms with Crippen LogP contribution in [0.25, 0.3) is 11.3 Å². The minimum absolute atomic E-state index is 0.324. The van der Waals surface area contributed by atoms with Gasteiger partial charge in [0.15, 0.2) is 11.5 Å². The Balaban J connectivity index is 2.71. The molecule has 0 radical (unpaired) electrons. The first kappa shape index (κ1) is 13.5. The summed E-state index contributed by atoms with van der Waals surface area (Å²) >= 11 is 1.25. The van der Waals surface area contributed by atoms with Crippen molar-refractivity contribution in [3.8, 4) is 22.8 Å². The highest BCUT2D eigenvalue weighted by Crippen LogP contribution is 2.45. The number of thioether (sulfide) groups is 1. The van der Waals surface area contributed by atoms with Crippen LogP contribution in [0.4, 0.5) is 10.2 Å². The largest absolute Gasteiger partial charge is 0.492 e. The molecule has 0 aliphatic rings. The summed E-state index contributed by atoms with van der Waals surface area (Å²) in [6.45, 7) is 0. The molecule has 5 nitrogen and oxygen atoms in total. The van der Waals surface area contributed by atoms with Gasteiger partial charge in [0.25, 0.3) is 0 Å². The molecule has 0 fully saturated rings. The molecule has 3 N–H and O–H groups in total. The number of aromatic nitrogens is 2. The Morgan fingerprint density at radius 2 is 1.95 bits per heavy atom. The van der Waals surface area contributed by atoms with Gasteiger partial charge in [0.1, 0.15) is 11.6 Å². The quantitative estimate of drug-likeness (QED) is 0.844. The minimum atomic E-state index is -0.381. The van der Waals surface area contributed by atoms with E-state index in [-0.39, 0.29) is 5.82 Å². The van der Waals surface area contributed by atoms with Crippen LogP contribution in [0.3, 0.4) is 0 Å². The van der Waals surface area contributed by atoms with E-state index in [1.54, 1.807) is 12.3 Å². The number of anilines is 1. The number of benzene rings is 1. The van der Waals surface area contributed by atoms with E-state index in [9.17, 15) is 4.39 Å². The van der Waals surface area contributed by atoms with Crippen molar-refractivity contribution in [3.05, 3.63) is 17.9 Å². The molecule has 0 bridgehead atoms. The molecule has 1 heterocycles. The number of hydrogen-bond acceptors (Lipinski definition) is 5. The zero-order valence-corrected chi connectivity index (χ0v) is 11.6. The zero-order valence-electron chi connectivity index (χ0n) is 10.8. The van der Waals surface area contributed by atoms with Gasteiger partial charge in [0.2, 0.25) is 0 Å². The number of nitrogens with two attached hydrogens (primary N) is 1. The molecule has 0 aliphatic carbocycles. The Hall–Kier alpha value is -1.89. The highest BCUT2D eigenvalue weighted by Gasteiger charge is 2.21. The fourth-order valence-corrected chi connectivity index (χ4v) is 2.46. The number of ether oxygens (including phenoxy) is 2. The van der Waals surface area contributed by atoms with E-state index < -0.39 is 0 Å². The average Bonchev–Trinajstić information content (AvgIpc) is 2.83. The number of methoxy groups -OCH3 is 2. The van der Waals surface area contributed by atoms with Gasteiger partial charge in [0.05, 0.1) is 24.8 Å². The molecule has 0 saturated carbocycles. The summed E-state index contributed by atoms with van der Waals surface area (Å²) in [4.78, 5) is 0.399. The first-order valence-corrected chi connectivity index (χ1v) is 6.64. The van der Waals surface area contributed by atoms with Gasteiger partial charge in [-0.05, 0) is 12.3 Å². The van der Waals surface area contributed by atoms with Crippen molar-refractivity contribution >= 4 is 17.6 Å². The number of hydrogen-bond donors (Lipinski definition) is 2. The highest BCUT2D eigenvalue weighted by molar-refractivity contribution is 7.98. The second kappa shape index (κ2) is 5.40. The Labute approximate surface area is 114 Å². The SMILES string of the molecule is COc1c(-c2cc(N)n[nH]2)cc(F)c(SC)c1OC. The minimum Gasteiger partial charge on any atom is -0.492 e. The maximum atomic E-state index is 14.1. The van der Waals surface area contributed by atoms with Gasteiger partial charge in [-0.25, -0.2) is 4.39 Å². The maximum absolute atomic E-state index is 14.1. The lowest BCUT2D eigenvalue weighted by molar-refractivity contribution is 0.344. The second-order valence-corrected chi connectivity index (χ2v) is 4.53. The predicted molar refractivity (Wildman–Crippen MR) is 73.3 cm³/mol. The standard InChI is InChI=1S/C12H14FN3O2S/c1-17-10-6(8-5-9(14)16-15-8)4-7(13)12(19-3)11(10)18-2/h4-5H,1-3H3,(H3,14,15,16). The van der Waals surface area contributed by atoms with Crippen molar-refractivity contribution in [2.45, 2.75) is 4.90 Å². The van der Waals surface area contributed by atoms with Crippen LogP contribution in [0.15, 0.2) is 17.0 Å². The van der Waals surface area contributed by atoms with Crippen LogP contribution in [0.2, 0.25) is 0 Å². The topological polar surface area (TPSA) is 73.2 Å². The average molecular weight is 283 g/mol. The fraction of sp³-hybridized carbons (Fsp3) is 0.250. The zero-order chi connectivity index (χ0) is 14.0. The Morgan fingerprint density at radius 1 is 1.26 bits per heavy atom. The van der Waals surface area contributed by atoms with Crippen molar-refractivity contribution in [2.75, 3.05) is 26.2 Å². The fourth-order valence-electron chi connectivity index (χ4n) is 1.85. The van der Waals surface area contributed by atoms with Crippen LogP contribution in [0, 0.1) is 5.82 Å². The van der Waals surface area contributed by atoms with Crippen LogP contribution in [0.1, 0.15) is 0 Å². The molecule has 102 valence electrons. The van der Waals surface area contributed by atoms with Crippen LogP contribution in [-0.4, -0.2) is 30.7 Å². The maximum Gasteiger partial charge on any atom is 0.177 e. The summed E-state index contributed by atoms with van der Waals surface area (Å²) in [5.74, 6) is 0.744. The van der Waals surface area contributed by atoms with E-state index in [1.165, 1.54) is 32.0 Å². The van der Waals surface area contributed by atoms with Gasteiger partial charge < -0.3 is 15.2 Å². The predicted octanol–water partition coefficient (Wildman–Crippen LogP) is 2.54. The van der Waals surface area contributed by atoms with E-state index in [2.05, 4.69) is 10.2 Å². The molecule has 0 atom stereocenters. The van der Waals surface area contributed by atoms with Gasteiger partial charge in [-0.1, -0.05) is 0 Å². The summed E-state index contributed by atoms with van der Waals surface area (Å²) in [7, 11) is 2.98. The summed E-state index contributed by atoms with van der Waals surface area (Å²) in [5, 5.41) is 6.55. The summed E-state index contributed by atoms with van der Waals surface area (Å²) < 4.78 is 24.7. The van der Waals surface area contributed by atoms with Gasteiger partial charge in [-0.15, -0.1) is 11.8 Å². The highest BCUT2D eigenvalue weighted by atomic mass is 32.2. The van der Waals surface area contributed by atoms with Gasteiger partial charge in [0, 0.05) is 11.6 Å². The van der Waals surface area contributed by atoms with E-state index in [0.717, 1.165) is 0 Å². The van der Waals surface area contributed by atoms with Crippen molar-refractivity contribution in [1.82, 2.24) is 10.2 Å². The van der Waals surface area contributed by atoms with Crippen molar-refractivity contribution in [3.63, 3.8) is 0 Å². The van der Waals surface area contributed by atoms with Crippen LogP contribution in [0.5, 0.6) is 11.5 Å². The van der Waals surface area contributed by atoms with Crippen molar-refractivity contribution in [2.24, 2.45) is 0 Å². The Kier molecular flexibility index (Phi) is 3.84. The van der Waals surface area contributed by atoms with Gasteiger partial charge in [-0.2, -0.15) is 5.10 Å². The third-order valence-corrected chi connectivity index (χ3v) is 3.43. The van der Waals surface area contributed by atoms with Gasteiger partial charge in [-0.3, -0.25) is 5.10 Å². The first-order valence-electron chi connectivity index (χ1n) is 5.42. The number of halogens is 1. The summed E-state index contributed by atoms with van der Waals surface area (Å²) in [5.41, 5.74) is 6.64. The van der Waals surface area contributed by atoms with Crippen molar-refractivity contribution in [1.29, 1.82) is 0 Å². The molecule has 19 heavy (non-hydrogen) atoms. The molecule has 0 aliphatic heterocycles. The molecule has 0 spiro atoms. The van der Waals surface area contributed by atoms with Crippen molar-refractivity contribution < 1.29 is 13.9 Å². The Bertz CT molecular complexity index is 601. The van der Waals surface area contributed by atoms with Crippen LogP contribution < -0.4 is 15.2 Å². The van der Waals surface area contributed by atoms with Gasteiger partial charge >= 0.3 is 0 Å². The number of aromatic amines is 1. The monoisotopic (exact) mass is 283 g/mol. The lowest BCUT2D eigenvalue weighted by Gasteiger charge is -2.15. The number of rotatable bonds is 4.